The lowest BCUT2D eigenvalue weighted by molar-refractivity contribution is 0.196. The van der Waals surface area contributed by atoms with Crippen molar-refractivity contribution in [2.75, 3.05) is 37.7 Å². The van der Waals surface area contributed by atoms with Crippen molar-refractivity contribution in [1.82, 2.24) is 10.2 Å². The molecule has 2 aliphatic heterocycles. The highest BCUT2D eigenvalue weighted by Crippen LogP contribution is 2.18. The summed E-state index contributed by atoms with van der Waals surface area (Å²) in [6.45, 7) is 6.71. The minimum Gasteiger partial charge on any atom is -0.314 e. The van der Waals surface area contributed by atoms with Gasteiger partial charge in [0.2, 0.25) is 0 Å². The number of nitrogens with one attached hydrogen (secondary N) is 1. The van der Waals surface area contributed by atoms with E-state index < -0.39 is 9.84 Å². The van der Waals surface area contributed by atoms with E-state index in [1.165, 1.54) is 38.9 Å². The molecule has 2 fully saturated rings. The van der Waals surface area contributed by atoms with Gasteiger partial charge >= 0.3 is 0 Å². The molecule has 0 aliphatic carbocycles. The van der Waals surface area contributed by atoms with Crippen molar-refractivity contribution in [2.45, 2.75) is 38.6 Å². The molecular weight excluding hydrogens is 248 g/mol. The van der Waals surface area contributed by atoms with Crippen LogP contribution in [-0.4, -0.2) is 57.0 Å². The number of piperidine rings is 1. The first-order chi connectivity index (χ1) is 8.59. The summed E-state index contributed by atoms with van der Waals surface area (Å²) in [6, 6.07) is 0.599. The molecule has 0 aromatic carbocycles. The lowest BCUT2D eigenvalue weighted by Crippen LogP contribution is -2.44. The lowest BCUT2D eigenvalue weighted by atomic mass is 10.0. The van der Waals surface area contributed by atoms with E-state index in [0.29, 0.717) is 23.5 Å². The van der Waals surface area contributed by atoms with Crippen LogP contribution in [0.3, 0.4) is 0 Å². The van der Waals surface area contributed by atoms with Gasteiger partial charge in [0.05, 0.1) is 11.5 Å². The largest absolute Gasteiger partial charge is 0.314 e. The van der Waals surface area contributed by atoms with E-state index in [2.05, 4.69) is 17.1 Å². The molecule has 0 radical (unpaired) electrons. The van der Waals surface area contributed by atoms with Gasteiger partial charge < -0.3 is 10.2 Å². The maximum Gasteiger partial charge on any atom is 0.150 e. The molecule has 2 heterocycles. The fraction of sp³-hybridized carbons (Fsp3) is 1.00. The average Bonchev–Trinajstić information content (AvgIpc) is 2.69. The van der Waals surface area contributed by atoms with Gasteiger partial charge in [0.1, 0.15) is 0 Å². The molecule has 5 heteroatoms. The van der Waals surface area contributed by atoms with Crippen LogP contribution in [0, 0.1) is 5.92 Å². The molecule has 1 atom stereocenters. The van der Waals surface area contributed by atoms with Crippen molar-refractivity contribution < 1.29 is 8.42 Å². The molecule has 2 rings (SSSR count). The van der Waals surface area contributed by atoms with Crippen molar-refractivity contribution in [1.29, 1.82) is 0 Å². The molecule has 0 amide bonds. The molecule has 2 saturated heterocycles. The Morgan fingerprint density at radius 1 is 1.22 bits per heavy atom. The first-order valence-electron chi connectivity index (χ1n) is 7.25. The predicted octanol–water partition coefficient (Wildman–Crippen LogP) is 0.885. The fourth-order valence-corrected chi connectivity index (χ4v) is 4.91. The van der Waals surface area contributed by atoms with Gasteiger partial charge in [0.15, 0.2) is 9.84 Å². The van der Waals surface area contributed by atoms with Crippen LogP contribution >= 0.6 is 0 Å². The molecule has 0 spiro atoms. The summed E-state index contributed by atoms with van der Waals surface area (Å²) in [4.78, 5) is 2.53. The van der Waals surface area contributed by atoms with Crippen molar-refractivity contribution in [2.24, 2.45) is 5.92 Å². The summed E-state index contributed by atoms with van der Waals surface area (Å²) in [5, 5.41) is 3.57. The van der Waals surface area contributed by atoms with Crippen LogP contribution in [0.1, 0.15) is 32.6 Å². The Hall–Kier alpha value is -0.130. The number of likely N-dealkylation sites (tertiary alicyclic amines) is 1. The Kier molecular flexibility index (Phi) is 5.04. The lowest BCUT2D eigenvalue weighted by Gasteiger charge is -2.32. The van der Waals surface area contributed by atoms with Gasteiger partial charge in [-0.1, -0.05) is 6.92 Å². The van der Waals surface area contributed by atoms with E-state index in [1.54, 1.807) is 0 Å². The minimum atomic E-state index is -2.71. The molecule has 1 unspecified atom stereocenters. The molecule has 0 aromatic heterocycles. The van der Waals surface area contributed by atoms with Gasteiger partial charge in [-0.2, -0.15) is 0 Å². The number of hydrogen-bond donors (Lipinski definition) is 1. The highest BCUT2D eigenvalue weighted by atomic mass is 32.2. The third-order valence-electron chi connectivity index (χ3n) is 4.15. The van der Waals surface area contributed by atoms with Crippen molar-refractivity contribution in [3.05, 3.63) is 0 Å². The molecule has 106 valence electrons. The van der Waals surface area contributed by atoms with Crippen LogP contribution in [0.25, 0.3) is 0 Å². The Bertz CT molecular complexity index is 348. The smallest absolute Gasteiger partial charge is 0.150 e. The second-order valence-electron chi connectivity index (χ2n) is 5.79. The Balaban J connectivity index is 1.64. The number of sulfone groups is 1. The van der Waals surface area contributed by atoms with Crippen LogP contribution in [0.15, 0.2) is 0 Å². The molecule has 18 heavy (non-hydrogen) atoms. The summed E-state index contributed by atoms with van der Waals surface area (Å²) in [5.74, 6) is 1.15. The third-order valence-corrected chi connectivity index (χ3v) is 5.99. The molecule has 1 N–H and O–H groups in total. The summed E-state index contributed by atoms with van der Waals surface area (Å²) in [7, 11) is -2.71. The summed E-state index contributed by atoms with van der Waals surface area (Å²) in [5.41, 5.74) is 0. The standard InChI is InChI=1S/C13H26N2O2S/c1-2-6-15-7-3-13(4-8-15)14-10-12-5-9-18(16,17)11-12/h12-14H,2-11H2,1H3. The van der Waals surface area contributed by atoms with Gasteiger partial charge in [0, 0.05) is 6.04 Å². The summed E-state index contributed by atoms with van der Waals surface area (Å²) >= 11 is 0. The van der Waals surface area contributed by atoms with Gasteiger partial charge in [-0.15, -0.1) is 0 Å². The number of hydrogen-bond acceptors (Lipinski definition) is 4. The number of rotatable bonds is 5. The zero-order chi connectivity index (χ0) is 13.0. The zero-order valence-corrected chi connectivity index (χ0v) is 12.2. The van der Waals surface area contributed by atoms with Gasteiger partial charge in [-0.05, 0) is 57.8 Å². The van der Waals surface area contributed by atoms with Crippen LogP contribution in [0.2, 0.25) is 0 Å². The molecule has 2 aliphatic rings. The van der Waals surface area contributed by atoms with Crippen molar-refractivity contribution >= 4 is 9.84 Å². The Morgan fingerprint density at radius 2 is 1.94 bits per heavy atom. The average molecular weight is 274 g/mol. The van der Waals surface area contributed by atoms with E-state index in [0.717, 1.165) is 13.0 Å². The van der Waals surface area contributed by atoms with Crippen molar-refractivity contribution in [3.63, 3.8) is 0 Å². The highest BCUT2D eigenvalue weighted by Gasteiger charge is 2.28. The molecule has 0 bridgehead atoms. The molecular formula is C13H26N2O2S. The van der Waals surface area contributed by atoms with Gasteiger partial charge in [0.25, 0.3) is 0 Å². The topological polar surface area (TPSA) is 49.4 Å². The molecule has 0 aromatic rings. The first kappa shape index (κ1) is 14.3. The summed E-state index contributed by atoms with van der Waals surface area (Å²) in [6.07, 6.45) is 4.50. The summed E-state index contributed by atoms with van der Waals surface area (Å²) < 4.78 is 22.7. The second kappa shape index (κ2) is 6.35. The van der Waals surface area contributed by atoms with Gasteiger partial charge in [-0.25, -0.2) is 8.42 Å². The van der Waals surface area contributed by atoms with Gasteiger partial charge in [-0.3, -0.25) is 0 Å². The SMILES string of the molecule is CCCN1CCC(NCC2CCS(=O)(=O)C2)CC1. The Labute approximate surface area is 111 Å². The fourth-order valence-electron chi connectivity index (χ4n) is 3.04. The minimum absolute atomic E-state index is 0.351. The van der Waals surface area contributed by atoms with Crippen LogP contribution in [-0.2, 0) is 9.84 Å². The quantitative estimate of drug-likeness (QED) is 0.809. The maximum absolute atomic E-state index is 11.4. The van der Waals surface area contributed by atoms with E-state index in [4.69, 9.17) is 0 Å². The molecule has 0 saturated carbocycles. The number of nitrogens with zero attached hydrogens (tertiary/aromatic N) is 1. The van der Waals surface area contributed by atoms with Crippen LogP contribution in [0.5, 0.6) is 0 Å². The monoisotopic (exact) mass is 274 g/mol. The maximum atomic E-state index is 11.4. The van der Waals surface area contributed by atoms with Crippen LogP contribution < -0.4 is 5.32 Å². The normalized spacial score (nSPS) is 29.7. The van der Waals surface area contributed by atoms with Crippen molar-refractivity contribution in [3.8, 4) is 0 Å². The Morgan fingerprint density at radius 3 is 2.50 bits per heavy atom. The van der Waals surface area contributed by atoms with E-state index in [1.807, 2.05) is 0 Å². The highest BCUT2D eigenvalue weighted by molar-refractivity contribution is 7.91. The molecule has 4 nitrogen and oxygen atoms in total. The van der Waals surface area contributed by atoms with E-state index in [-0.39, 0.29) is 0 Å². The van der Waals surface area contributed by atoms with E-state index in [9.17, 15) is 8.42 Å². The third kappa shape index (κ3) is 4.21. The first-order valence-corrected chi connectivity index (χ1v) is 9.07. The predicted molar refractivity (Wildman–Crippen MR) is 74.5 cm³/mol. The van der Waals surface area contributed by atoms with Crippen LogP contribution in [0.4, 0.5) is 0 Å². The zero-order valence-electron chi connectivity index (χ0n) is 11.4. The second-order valence-corrected chi connectivity index (χ2v) is 8.02. The van der Waals surface area contributed by atoms with E-state index >= 15 is 0 Å².